The molecule has 6 heteroatoms. The van der Waals surface area contributed by atoms with Crippen LogP contribution in [-0.2, 0) is 6.18 Å². The van der Waals surface area contributed by atoms with Crippen molar-refractivity contribution in [1.82, 2.24) is 4.31 Å². The van der Waals surface area contributed by atoms with Crippen molar-refractivity contribution in [2.75, 3.05) is 13.1 Å². The summed E-state index contributed by atoms with van der Waals surface area (Å²) in [7, 11) is 0. The first-order chi connectivity index (χ1) is 8.05. The monoisotopic (exact) mass is 258 g/mol. The van der Waals surface area contributed by atoms with E-state index in [2.05, 4.69) is 4.99 Å². The van der Waals surface area contributed by atoms with Crippen LogP contribution in [0.4, 0.5) is 13.2 Å². The molecule has 0 spiro atoms. The van der Waals surface area contributed by atoms with Gasteiger partial charge in [0.1, 0.15) is 5.84 Å². The van der Waals surface area contributed by atoms with Crippen molar-refractivity contribution in [1.29, 1.82) is 0 Å². The van der Waals surface area contributed by atoms with E-state index < -0.39 is 11.7 Å². The zero-order valence-electron chi connectivity index (χ0n) is 8.79. The van der Waals surface area contributed by atoms with Crippen LogP contribution in [-0.4, -0.2) is 23.2 Å². The van der Waals surface area contributed by atoms with E-state index in [0.717, 1.165) is 23.9 Å². The largest absolute Gasteiger partial charge is 0.416 e. The lowest BCUT2D eigenvalue weighted by Crippen LogP contribution is -2.26. The van der Waals surface area contributed by atoms with Crippen LogP contribution < -0.4 is 0 Å². The molecule has 0 N–H and O–H groups in total. The Morgan fingerprint density at radius 2 is 2.12 bits per heavy atom. The molecule has 1 aromatic rings. The van der Waals surface area contributed by atoms with Crippen LogP contribution in [0.5, 0.6) is 0 Å². The Hall–Kier alpha value is -1.17. The van der Waals surface area contributed by atoms with Crippen LogP contribution in [0.1, 0.15) is 17.5 Å². The minimum Gasteiger partial charge on any atom is -0.296 e. The summed E-state index contributed by atoms with van der Waals surface area (Å²) in [6.45, 7) is 1.54. The summed E-state index contributed by atoms with van der Waals surface area (Å²) in [4.78, 5) is 5.17. The van der Waals surface area contributed by atoms with Crippen molar-refractivity contribution in [3.05, 3.63) is 29.3 Å². The number of rotatable bonds is 0. The number of fused-ring (bicyclic) bond motifs is 3. The molecule has 90 valence electrons. The molecule has 0 aliphatic carbocycles. The molecule has 0 radical (unpaired) electrons. The number of benzene rings is 1. The Bertz CT molecular complexity index is 496. The Kier molecular flexibility index (Phi) is 2.36. The van der Waals surface area contributed by atoms with Crippen molar-refractivity contribution in [2.24, 2.45) is 4.99 Å². The lowest BCUT2D eigenvalue weighted by atomic mass is 10.1. The van der Waals surface area contributed by atoms with Crippen LogP contribution in [0.15, 0.2) is 28.1 Å². The van der Waals surface area contributed by atoms with Gasteiger partial charge in [-0.2, -0.15) is 13.2 Å². The molecule has 0 amide bonds. The smallest absolute Gasteiger partial charge is 0.296 e. The molecule has 17 heavy (non-hydrogen) atoms. The SMILES string of the molecule is FC(F)(F)c1ccc2c(c1)C1=NCCCN1S2. The summed E-state index contributed by atoms with van der Waals surface area (Å²) in [5, 5.41) is 0. The Labute approximate surface area is 101 Å². The van der Waals surface area contributed by atoms with Gasteiger partial charge in [0.25, 0.3) is 0 Å². The van der Waals surface area contributed by atoms with Gasteiger partial charge in [0.15, 0.2) is 0 Å². The summed E-state index contributed by atoms with van der Waals surface area (Å²) < 4.78 is 39.8. The first-order valence-corrected chi connectivity index (χ1v) is 6.04. The molecular formula is C11H9F3N2S. The third kappa shape index (κ3) is 1.80. The van der Waals surface area contributed by atoms with Crippen molar-refractivity contribution in [3.8, 4) is 0 Å². The normalized spacial score (nSPS) is 18.8. The van der Waals surface area contributed by atoms with E-state index in [0.29, 0.717) is 17.9 Å². The van der Waals surface area contributed by atoms with E-state index in [9.17, 15) is 13.2 Å². The Morgan fingerprint density at radius 3 is 2.88 bits per heavy atom. The van der Waals surface area contributed by atoms with Gasteiger partial charge in [0, 0.05) is 23.5 Å². The second-order valence-electron chi connectivity index (χ2n) is 3.96. The van der Waals surface area contributed by atoms with E-state index >= 15 is 0 Å². The summed E-state index contributed by atoms with van der Waals surface area (Å²) >= 11 is 1.47. The lowest BCUT2D eigenvalue weighted by molar-refractivity contribution is -0.137. The van der Waals surface area contributed by atoms with E-state index in [-0.39, 0.29) is 0 Å². The second kappa shape index (κ2) is 3.66. The fourth-order valence-corrected chi connectivity index (χ4v) is 3.05. The number of aliphatic imine (C=N–C) groups is 1. The highest BCUT2D eigenvalue weighted by Gasteiger charge is 2.34. The number of alkyl halides is 3. The maximum absolute atomic E-state index is 12.6. The number of hydrogen-bond donors (Lipinski definition) is 0. The first-order valence-electron chi connectivity index (χ1n) is 5.27. The molecule has 1 aromatic carbocycles. The maximum atomic E-state index is 12.6. The maximum Gasteiger partial charge on any atom is 0.416 e. The van der Waals surface area contributed by atoms with Gasteiger partial charge >= 0.3 is 6.18 Å². The predicted molar refractivity (Wildman–Crippen MR) is 60.0 cm³/mol. The van der Waals surface area contributed by atoms with E-state index in [4.69, 9.17) is 0 Å². The van der Waals surface area contributed by atoms with Gasteiger partial charge in [-0.15, -0.1) is 0 Å². The Morgan fingerprint density at radius 1 is 1.29 bits per heavy atom. The fourth-order valence-electron chi connectivity index (χ4n) is 1.97. The van der Waals surface area contributed by atoms with E-state index in [1.54, 1.807) is 0 Å². The van der Waals surface area contributed by atoms with Crippen molar-refractivity contribution in [2.45, 2.75) is 17.5 Å². The highest BCUT2D eigenvalue weighted by atomic mass is 32.2. The zero-order chi connectivity index (χ0) is 12.0. The first kappa shape index (κ1) is 11.0. The zero-order valence-corrected chi connectivity index (χ0v) is 9.61. The van der Waals surface area contributed by atoms with Gasteiger partial charge in [-0.05, 0) is 36.6 Å². The average molecular weight is 258 g/mol. The second-order valence-corrected chi connectivity index (χ2v) is 5.02. The van der Waals surface area contributed by atoms with Gasteiger partial charge in [0.05, 0.1) is 5.56 Å². The molecule has 0 saturated heterocycles. The van der Waals surface area contributed by atoms with Crippen LogP contribution in [0.25, 0.3) is 0 Å². The molecule has 2 aliphatic heterocycles. The molecule has 2 aliphatic rings. The van der Waals surface area contributed by atoms with Gasteiger partial charge in [-0.3, -0.25) is 9.30 Å². The highest BCUT2D eigenvalue weighted by molar-refractivity contribution is 7.98. The summed E-state index contributed by atoms with van der Waals surface area (Å²) in [5.41, 5.74) is 0.0106. The number of amidine groups is 1. The number of nitrogens with zero attached hydrogens (tertiary/aromatic N) is 2. The van der Waals surface area contributed by atoms with Gasteiger partial charge in [-0.25, -0.2) is 0 Å². The fraction of sp³-hybridized carbons (Fsp3) is 0.364. The van der Waals surface area contributed by atoms with E-state index in [1.807, 2.05) is 4.31 Å². The quantitative estimate of drug-likeness (QED) is 0.664. The minimum absolute atomic E-state index is 0.605. The highest BCUT2D eigenvalue weighted by Crippen LogP contribution is 2.40. The lowest BCUT2D eigenvalue weighted by Gasteiger charge is -2.20. The molecular weight excluding hydrogens is 249 g/mol. The van der Waals surface area contributed by atoms with Crippen LogP contribution in [0, 0.1) is 0 Å². The van der Waals surface area contributed by atoms with Gasteiger partial charge in [-0.1, -0.05) is 0 Å². The standard InChI is InChI=1S/C11H9F3N2S/c12-11(13,14)7-2-3-9-8(6-7)10-15-4-1-5-16(10)17-9/h2-3,6H,1,4-5H2. The molecule has 2 nitrogen and oxygen atoms in total. The molecule has 3 rings (SSSR count). The molecule has 0 fully saturated rings. The molecule has 0 unspecified atom stereocenters. The van der Waals surface area contributed by atoms with Crippen molar-refractivity contribution in [3.63, 3.8) is 0 Å². The molecule has 0 atom stereocenters. The topological polar surface area (TPSA) is 15.6 Å². The average Bonchev–Trinajstić information content (AvgIpc) is 2.65. The molecule has 0 saturated carbocycles. The molecule has 0 bridgehead atoms. The Balaban J connectivity index is 2.07. The number of hydrogen-bond acceptors (Lipinski definition) is 3. The van der Waals surface area contributed by atoms with E-state index in [1.165, 1.54) is 24.1 Å². The summed E-state index contributed by atoms with van der Waals surface area (Å²) in [6.07, 6.45) is -3.33. The van der Waals surface area contributed by atoms with Crippen LogP contribution >= 0.6 is 11.9 Å². The third-order valence-corrected chi connectivity index (χ3v) is 3.90. The van der Waals surface area contributed by atoms with Crippen molar-refractivity contribution >= 4 is 17.8 Å². The number of halogens is 3. The molecule has 2 heterocycles. The van der Waals surface area contributed by atoms with Crippen LogP contribution in [0.3, 0.4) is 0 Å². The minimum atomic E-state index is -4.29. The predicted octanol–water partition coefficient (Wildman–Crippen LogP) is 3.18. The van der Waals surface area contributed by atoms with Gasteiger partial charge in [0.2, 0.25) is 0 Å². The summed E-state index contributed by atoms with van der Waals surface area (Å²) in [6, 6.07) is 3.86. The summed E-state index contributed by atoms with van der Waals surface area (Å²) in [5.74, 6) is 0.697. The van der Waals surface area contributed by atoms with Gasteiger partial charge < -0.3 is 0 Å². The third-order valence-electron chi connectivity index (χ3n) is 2.77. The van der Waals surface area contributed by atoms with Crippen LogP contribution in [0.2, 0.25) is 0 Å². The molecule has 0 aromatic heterocycles. The van der Waals surface area contributed by atoms with Crippen molar-refractivity contribution < 1.29 is 13.2 Å².